The number of piperidine rings is 1. The van der Waals surface area contributed by atoms with Crippen LogP contribution in [-0.4, -0.2) is 51.5 Å². The smallest absolute Gasteiger partial charge is 0.264 e. The number of halogens is 1. The van der Waals surface area contributed by atoms with Crippen LogP contribution in [0.2, 0.25) is 0 Å². The highest BCUT2D eigenvalue weighted by molar-refractivity contribution is 5.84. The Kier molecular flexibility index (Phi) is 5.15. The molecule has 1 aliphatic rings. The molecule has 0 aliphatic carbocycles. The molecule has 7 nitrogen and oxygen atoms in total. The molecule has 1 aromatic heterocycles. The van der Waals surface area contributed by atoms with Gasteiger partial charge in [0.15, 0.2) is 0 Å². The topological polar surface area (TPSA) is 94.2 Å². The van der Waals surface area contributed by atoms with Gasteiger partial charge in [-0.15, -0.1) is 0 Å². The van der Waals surface area contributed by atoms with E-state index in [1.807, 2.05) is 7.05 Å². The minimum Gasteiger partial charge on any atom is -0.388 e. The van der Waals surface area contributed by atoms with E-state index in [9.17, 15) is 14.3 Å². The molecular formula is C18H22FN5O2. The lowest BCUT2D eigenvalue weighted by molar-refractivity contribution is -0.0299. The van der Waals surface area contributed by atoms with Crippen molar-refractivity contribution in [1.82, 2.24) is 14.5 Å². The van der Waals surface area contributed by atoms with Crippen molar-refractivity contribution < 1.29 is 9.50 Å². The summed E-state index contributed by atoms with van der Waals surface area (Å²) < 4.78 is 14.4. The predicted molar refractivity (Wildman–Crippen MR) is 97.7 cm³/mol. The zero-order valence-corrected chi connectivity index (χ0v) is 14.6. The lowest BCUT2D eigenvalue weighted by Gasteiger charge is -2.36. The van der Waals surface area contributed by atoms with E-state index in [1.165, 1.54) is 35.2 Å². The van der Waals surface area contributed by atoms with Crippen LogP contribution in [0.25, 0.3) is 0 Å². The number of hydrogen-bond acceptors (Lipinski definition) is 6. The fraction of sp³-hybridized carbons (Fsp3) is 0.389. The molecule has 0 radical (unpaired) electrons. The third-order valence-corrected chi connectivity index (χ3v) is 4.71. The highest BCUT2D eigenvalue weighted by Crippen LogP contribution is 2.23. The largest absolute Gasteiger partial charge is 0.388 e. The summed E-state index contributed by atoms with van der Waals surface area (Å²) in [5.41, 5.74) is -0.697. The van der Waals surface area contributed by atoms with Crippen molar-refractivity contribution in [3.05, 3.63) is 52.3 Å². The summed E-state index contributed by atoms with van der Waals surface area (Å²) in [7, 11) is 2.00. The molecule has 1 fully saturated rings. The van der Waals surface area contributed by atoms with E-state index < -0.39 is 11.2 Å². The van der Waals surface area contributed by atoms with E-state index in [4.69, 9.17) is 5.41 Å². The summed E-state index contributed by atoms with van der Waals surface area (Å²) in [5, 5.41) is 21.2. The first-order valence-corrected chi connectivity index (χ1v) is 8.44. The highest BCUT2D eigenvalue weighted by Gasteiger charge is 2.32. The van der Waals surface area contributed by atoms with Gasteiger partial charge in [0.1, 0.15) is 17.2 Å². The van der Waals surface area contributed by atoms with Gasteiger partial charge in [0.25, 0.3) is 5.56 Å². The Morgan fingerprint density at radius 3 is 2.62 bits per heavy atom. The number of nitrogens with zero attached hydrogens (tertiary/aromatic N) is 3. The molecule has 138 valence electrons. The molecule has 0 saturated carbocycles. The van der Waals surface area contributed by atoms with Gasteiger partial charge in [-0.2, -0.15) is 0 Å². The quantitative estimate of drug-likeness (QED) is 0.705. The monoisotopic (exact) mass is 359 g/mol. The van der Waals surface area contributed by atoms with Crippen molar-refractivity contribution in [3.63, 3.8) is 0 Å². The maximum absolute atomic E-state index is 13.0. The van der Waals surface area contributed by atoms with Crippen molar-refractivity contribution in [2.75, 3.05) is 25.5 Å². The second-order valence-electron chi connectivity index (χ2n) is 6.74. The van der Waals surface area contributed by atoms with Gasteiger partial charge < -0.3 is 20.7 Å². The lowest BCUT2D eigenvalue weighted by Crippen LogP contribution is -2.47. The number of aliphatic hydroxyl groups is 1. The third-order valence-electron chi connectivity index (χ3n) is 4.71. The van der Waals surface area contributed by atoms with Gasteiger partial charge in [-0.05, 0) is 44.2 Å². The Hall–Kier alpha value is -2.58. The maximum Gasteiger partial charge on any atom is 0.264 e. The van der Waals surface area contributed by atoms with E-state index in [1.54, 1.807) is 0 Å². The minimum absolute atomic E-state index is 0.0911. The van der Waals surface area contributed by atoms with Gasteiger partial charge in [-0.1, -0.05) is 0 Å². The highest BCUT2D eigenvalue weighted by atomic mass is 19.1. The molecule has 1 saturated heterocycles. The summed E-state index contributed by atoms with van der Waals surface area (Å²) in [5.74, 6) is -0.138. The van der Waals surface area contributed by atoms with Crippen LogP contribution in [0.15, 0.2) is 35.4 Å². The number of likely N-dealkylation sites (tertiary alicyclic amines) is 1. The summed E-state index contributed by atoms with van der Waals surface area (Å²) in [6.45, 7) is 1.67. The van der Waals surface area contributed by atoms with E-state index >= 15 is 0 Å². The molecule has 2 heterocycles. The van der Waals surface area contributed by atoms with E-state index in [0.29, 0.717) is 18.5 Å². The molecule has 0 amide bonds. The van der Waals surface area contributed by atoms with Crippen molar-refractivity contribution in [2.24, 2.45) is 0 Å². The van der Waals surface area contributed by atoms with E-state index in [0.717, 1.165) is 19.3 Å². The first-order chi connectivity index (χ1) is 12.4. The van der Waals surface area contributed by atoms with Gasteiger partial charge in [0.05, 0.1) is 18.5 Å². The van der Waals surface area contributed by atoms with Crippen molar-refractivity contribution in [1.29, 1.82) is 5.41 Å². The Morgan fingerprint density at radius 2 is 2.00 bits per heavy atom. The summed E-state index contributed by atoms with van der Waals surface area (Å²) in [4.78, 5) is 19.1. The van der Waals surface area contributed by atoms with Crippen molar-refractivity contribution >= 4 is 17.7 Å². The first kappa shape index (κ1) is 18.2. The molecule has 0 bridgehead atoms. The average molecular weight is 359 g/mol. The number of benzene rings is 1. The predicted octanol–water partition coefficient (Wildman–Crippen LogP) is 1.58. The van der Waals surface area contributed by atoms with Crippen LogP contribution in [-0.2, 0) is 6.54 Å². The second kappa shape index (κ2) is 7.35. The zero-order valence-electron chi connectivity index (χ0n) is 14.6. The van der Waals surface area contributed by atoms with Gasteiger partial charge in [0.2, 0.25) is 0 Å². The van der Waals surface area contributed by atoms with Crippen molar-refractivity contribution in [2.45, 2.75) is 25.0 Å². The SMILES string of the molecule is CN1CCC(O)(Cn2cnc(Nc3ccc(F)cc3)c(C=N)c2=O)CC1. The van der Waals surface area contributed by atoms with Gasteiger partial charge in [-0.3, -0.25) is 9.36 Å². The normalized spacial score (nSPS) is 17.0. The number of rotatable bonds is 5. The van der Waals surface area contributed by atoms with Crippen LogP contribution in [0, 0.1) is 11.2 Å². The molecule has 0 atom stereocenters. The molecule has 1 aliphatic heterocycles. The fourth-order valence-corrected chi connectivity index (χ4v) is 3.03. The van der Waals surface area contributed by atoms with Gasteiger partial charge >= 0.3 is 0 Å². The lowest BCUT2D eigenvalue weighted by atomic mass is 9.91. The van der Waals surface area contributed by atoms with Crippen molar-refractivity contribution in [3.8, 4) is 0 Å². The summed E-state index contributed by atoms with van der Waals surface area (Å²) >= 11 is 0. The molecule has 2 aromatic rings. The second-order valence-corrected chi connectivity index (χ2v) is 6.74. The molecule has 3 N–H and O–H groups in total. The fourth-order valence-electron chi connectivity index (χ4n) is 3.03. The number of anilines is 2. The first-order valence-electron chi connectivity index (χ1n) is 8.44. The molecule has 8 heteroatoms. The molecule has 3 rings (SSSR count). The number of hydrogen-bond donors (Lipinski definition) is 3. The van der Waals surface area contributed by atoms with Crippen LogP contribution in [0.3, 0.4) is 0 Å². The van der Waals surface area contributed by atoms with E-state index in [2.05, 4.69) is 15.2 Å². The van der Waals surface area contributed by atoms with Crippen LogP contribution < -0.4 is 10.9 Å². The zero-order chi connectivity index (χ0) is 18.7. The molecule has 1 aromatic carbocycles. The number of aromatic nitrogens is 2. The van der Waals surface area contributed by atoms with E-state index in [-0.39, 0.29) is 23.7 Å². The van der Waals surface area contributed by atoms with Crippen LogP contribution >= 0.6 is 0 Å². The number of nitrogens with one attached hydrogen (secondary N) is 2. The Bertz CT molecular complexity index is 842. The molecule has 0 spiro atoms. The Labute approximate surface area is 150 Å². The molecule has 26 heavy (non-hydrogen) atoms. The minimum atomic E-state index is -0.955. The maximum atomic E-state index is 13.0. The third kappa shape index (κ3) is 3.97. The van der Waals surface area contributed by atoms with Crippen LogP contribution in [0.1, 0.15) is 18.4 Å². The molecule has 0 unspecified atom stereocenters. The molecular weight excluding hydrogens is 337 g/mol. The van der Waals surface area contributed by atoms with Gasteiger partial charge in [-0.25, -0.2) is 9.37 Å². The standard InChI is InChI=1S/C18H22FN5O2/c1-23-8-6-18(26,7-9-23)11-24-12-21-16(15(10-20)17(24)25)22-14-4-2-13(19)3-5-14/h2-5,10,12,20,22,26H,6-9,11H2,1H3. The van der Waals surface area contributed by atoms with Gasteiger partial charge in [0, 0.05) is 25.0 Å². The average Bonchev–Trinajstić information content (AvgIpc) is 2.62. The summed E-state index contributed by atoms with van der Waals surface area (Å²) in [6, 6.07) is 5.64. The Morgan fingerprint density at radius 1 is 1.35 bits per heavy atom. The Balaban J connectivity index is 1.84. The van der Waals surface area contributed by atoms with Crippen LogP contribution in [0.4, 0.5) is 15.9 Å². The summed E-state index contributed by atoms with van der Waals surface area (Å²) in [6.07, 6.45) is 3.46. The van der Waals surface area contributed by atoms with Crippen LogP contribution in [0.5, 0.6) is 0 Å².